The second-order valence-electron chi connectivity index (χ2n) is 2.96. The minimum Gasteiger partial charge on any atom is -0.310 e. The maximum absolute atomic E-state index is 13.7. The third-order valence-electron chi connectivity index (χ3n) is 2.15. The van der Waals surface area contributed by atoms with E-state index in [2.05, 4.69) is 5.32 Å². The Morgan fingerprint density at radius 3 is 2.73 bits per heavy atom. The van der Waals surface area contributed by atoms with E-state index in [1.54, 1.807) is 11.3 Å². The molecule has 1 N–H and O–H groups in total. The Hall–Kier alpha value is -0.410. The van der Waals surface area contributed by atoms with Gasteiger partial charge in [0.25, 0.3) is 0 Å². The van der Waals surface area contributed by atoms with E-state index in [1.807, 2.05) is 18.4 Å². The summed E-state index contributed by atoms with van der Waals surface area (Å²) in [5, 5.41) is 4.90. The van der Waals surface area contributed by atoms with Crippen molar-refractivity contribution in [2.75, 3.05) is 13.1 Å². The average molecular weight is 171 g/mol. The Labute approximate surface area is 69.2 Å². The lowest BCUT2D eigenvalue weighted by Crippen LogP contribution is -2.53. The minimum absolute atomic E-state index is 0.477. The Morgan fingerprint density at radius 1 is 1.64 bits per heavy atom. The van der Waals surface area contributed by atoms with Crippen LogP contribution in [0.2, 0.25) is 0 Å². The molecule has 1 aromatic rings. The monoisotopic (exact) mass is 171 g/mol. The maximum Gasteiger partial charge on any atom is 0.161 e. The minimum atomic E-state index is -1.07. The van der Waals surface area contributed by atoms with Crippen LogP contribution in [0.3, 0.4) is 0 Å². The molecule has 0 aromatic carbocycles. The number of hydrogen-bond donors (Lipinski definition) is 1. The highest BCUT2D eigenvalue weighted by Crippen LogP contribution is 2.34. The van der Waals surface area contributed by atoms with Gasteiger partial charge in [-0.05, 0) is 18.4 Å². The van der Waals surface area contributed by atoms with Gasteiger partial charge in [-0.2, -0.15) is 0 Å². The fraction of sp³-hybridized carbons (Fsp3) is 0.500. The molecule has 0 aliphatic carbocycles. The Kier molecular flexibility index (Phi) is 1.51. The van der Waals surface area contributed by atoms with Crippen LogP contribution in [0.25, 0.3) is 0 Å². The predicted molar refractivity (Wildman–Crippen MR) is 44.7 cm³/mol. The molecular formula is C8H10FNS. The molecular weight excluding hydrogens is 161 g/mol. The predicted octanol–water partition coefficient (Wildman–Crippen LogP) is 1.82. The van der Waals surface area contributed by atoms with Crippen LogP contribution in [0.1, 0.15) is 10.4 Å². The molecule has 1 saturated heterocycles. The molecule has 1 aliphatic rings. The molecule has 1 fully saturated rings. The van der Waals surface area contributed by atoms with Crippen LogP contribution in [0.4, 0.5) is 4.39 Å². The van der Waals surface area contributed by atoms with Crippen LogP contribution in [-0.4, -0.2) is 13.1 Å². The summed E-state index contributed by atoms with van der Waals surface area (Å²) >= 11 is 1.61. The van der Waals surface area contributed by atoms with Crippen molar-refractivity contribution in [1.29, 1.82) is 0 Å². The van der Waals surface area contributed by atoms with Crippen LogP contribution < -0.4 is 5.32 Å². The molecule has 2 heterocycles. The molecule has 2 rings (SSSR count). The first-order valence-corrected chi connectivity index (χ1v) is 4.54. The number of aryl methyl sites for hydroxylation is 1. The van der Waals surface area contributed by atoms with Gasteiger partial charge in [0.1, 0.15) is 0 Å². The van der Waals surface area contributed by atoms with E-state index < -0.39 is 5.67 Å². The van der Waals surface area contributed by atoms with Gasteiger partial charge in [0, 0.05) is 23.5 Å². The largest absolute Gasteiger partial charge is 0.310 e. The van der Waals surface area contributed by atoms with E-state index >= 15 is 0 Å². The average Bonchev–Trinajstić information content (AvgIpc) is 2.30. The van der Waals surface area contributed by atoms with Crippen molar-refractivity contribution in [3.05, 3.63) is 21.9 Å². The Bertz CT molecular complexity index is 265. The second-order valence-corrected chi connectivity index (χ2v) is 4.08. The third kappa shape index (κ3) is 0.993. The molecule has 0 unspecified atom stereocenters. The summed E-state index contributed by atoms with van der Waals surface area (Å²) < 4.78 is 13.7. The van der Waals surface area contributed by atoms with Crippen LogP contribution in [0.15, 0.2) is 11.4 Å². The zero-order valence-corrected chi connectivity index (χ0v) is 7.17. The number of alkyl halides is 1. The van der Waals surface area contributed by atoms with E-state index in [0.29, 0.717) is 13.1 Å². The van der Waals surface area contributed by atoms with Crippen molar-refractivity contribution in [3.8, 4) is 0 Å². The lowest BCUT2D eigenvalue weighted by atomic mass is 9.91. The normalized spacial score (nSPS) is 21.3. The maximum atomic E-state index is 13.7. The van der Waals surface area contributed by atoms with Crippen LogP contribution in [0.5, 0.6) is 0 Å². The van der Waals surface area contributed by atoms with Crippen molar-refractivity contribution in [3.63, 3.8) is 0 Å². The molecule has 1 aromatic heterocycles. The standard InChI is InChI=1S/C8H10FNS/c1-6-7(2-3-11-6)8(9)4-10-5-8/h2-3,10H,4-5H2,1H3. The van der Waals surface area contributed by atoms with Crippen molar-refractivity contribution in [2.45, 2.75) is 12.6 Å². The van der Waals surface area contributed by atoms with Gasteiger partial charge in [0.15, 0.2) is 5.67 Å². The molecule has 0 amide bonds. The highest BCUT2D eigenvalue weighted by Gasteiger charge is 2.40. The highest BCUT2D eigenvalue weighted by atomic mass is 32.1. The zero-order valence-electron chi connectivity index (χ0n) is 6.36. The van der Waals surface area contributed by atoms with E-state index in [1.165, 1.54) is 0 Å². The highest BCUT2D eigenvalue weighted by molar-refractivity contribution is 7.10. The van der Waals surface area contributed by atoms with Gasteiger partial charge in [-0.25, -0.2) is 4.39 Å². The van der Waals surface area contributed by atoms with Gasteiger partial charge >= 0.3 is 0 Å². The van der Waals surface area contributed by atoms with Crippen molar-refractivity contribution in [1.82, 2.24) is 5.32 Å². The third-order valence-corrected chi connectivity index (χ3v) is 3.00. The van der Waals surface area contributed by atoms with E-state index in [-0.39, 0.29) is 0 Å². The zero-order chi connectivity index (χ0) is 7.90. The summed E-state index contributed by atoms with van der Waals surface area (Å²) in [5.41, 5.74) is -0.189. The summed E-state index contributed by atoms with van der Waals surface area (Å²) in [5.74, 6) is 0. The van der Waals surface area contributed by atoms with Crippen LogP contribution >= 0.6 is 11.3 Å². The molecule has 11 heavy (non-hydrogen) atoms. The van der Waals surface area contributed by atoms with E-state index in [0.717, 1.165) is 10.4 Å². The smallest absolute Gasteiger partial charge is 0.161 e. The van der Waals surface area contributed by atoms with Gasteiger partial charge in [-0.3, -0.25) is 0 Å². The van der Waals surface area contributed by atoms with Gasteiger partial charge in [-0.1, -0.05) is 0 Å². The SMILES string of the molecule is Cc1sccc1C1(F)CNC1. The van der Waals surface area contributed by atoms with Gasteiger partial charge < -0.3 is 5.32 Å². The molecule has 0 atom stereocenters. The Balaban J connectivity index is 2.35. The first-order chi connectivity index (χ1) is 5.22. The summed E-state index contributed by atoms with van der Waals surface area (Å²) in [4.78, 5) is 1.11. The van der Waals surface area contributed by atoms with E-state index in [9.17, 15) is 4.39 Å². The van der Waals surface area contributed by atoms with Gasteiger partial charge in [0.05, 0.1) is 0 Å². The molecule has 0 bridgehead atoms. The summed E-state index contributed by atoms with van der Waals surface area (Å²) in [6, 6.07) is 1.89. The van der Waals surface area contributed by atoms with Crippen LogP contribution in [-0.2, 0) is 5.67 Å². The molecule has 60 valence electrons. The van der Waals surface area contributed by atoms with Gasteiger partial charge in [0.2, 0.25) is 0 Å². The first-order valence-electron chi connectivity index (χ1n) is 3.67. The number of rotatable bonds is 1. The first kappa shape index (κ1) is 7.25. The topological polar surface area (TPSA) is 12.0 Å². The summed E-state index contributed by atoms with van der Waals surface area (Å²) in [6.07, 6.45) is 0. The fourth-order valence-electron chi connectivity index (χ4n) is 1.38. The molecule has 0 saturated carbocycles. The van der Waals surface area contributed by atoms with Crippen molar-refractivity contribution in [2.24, 2.45) is 0 Å². The Morgan fingerprint density at radius 2 is 2.36 bits per heavy atom. The molecule has 1 nitrogen and oxygen atoms in total. The lowest BCUT2D eigenvalue weighted by molar-refractivity contribution is 0.0890. The summed E-state index contributed by atoms with van der Waals surface area (Å²) in [7, 11) is 0. The number of thiophene rings is 1. The van der Waals surface area contributed by atoms with Crippen LogP contribution in [0, 0.1) is 6.92 Å². The number of hydrogen-bond acceptors (Lipinski definition) is 2. The molecule has 3 heteroatoms. The fourth-order valence-corrected chi connectivity index (χ4v) is 2.17. The lowest BCUT2D eigenvalue weighted by Gasteiger charge is -2.35. The number of nitrogens with one attached hydrogen (secondary N) is 1. The molecule has 0 radical (unpaired) electrons. The molecule has 0 spiro atoms. The van der Waals surface area contributed by atoms with E-state index in [4.69, 9.17) is 0 Å². The number of halogens is 1. The van der Waals surface area contributed by atoms with Crippen molar-refractivity contribution < 1.29 is 4.39 Å². The van der Waals surface area contributed by atoms with Crippen molar-refractivity contribution >= 4 is 11.3 Å². The summed E-state index contributed by atoms with van der Waals surface area (Å²) in [6.45, 7) is 2.93. The van der Waals surface area contributed by atoms with Gasteiger partial charge in [-0.15, -0.1) is 11.3 Å². The quantitative estimate of drug-likeness (QED) is 0.679. The molecule has 1 aliphatic heterocycles. The second kappa shape index (κ2) is 2.29.